The maximum absolute atomic E-state index is 3.13. The van der Waals surface area contributed by atoms with E-state index in [0.29, 0.717) is 0 Å². The molecule has 0 aliphatic rings. The van der Waals surface area contributed by atoms with Crippen molar-refractivity contribution in [1.29, 1.82) is 0 Å². The summed E-state index contributed by atoms with van der Waals surface area (Å²) in [6, 6.07) is 17.5. The van der Waals surface area contributed by atoms with Gasteiger partial charge >= 0.3 is 0 Å². The number of hydrogen-bond donors (Lipinski definition) is 0. The smallest absolute Gasteiger partial charge is 0.111 e. The third-order valence-corrected chi connectivity index (χ3v) is 2.37. The molecule has 0 atom stereocenters. The van der Waals surface area contributed by atoms with Crippen molar-refractivity contribution in [3.63, 3.8) is 0 Å². The number of nitrogens with zero attached hydrogens (tertiary/aromatic N) is 1. The average Bonchev–Trinajstić information content (AvgIpc) is 2.29. The molecule has 64 valence electrons. The summed E-state index contributed by atoms with van der Waals surface area (Å²) in [4.78, 5) is 0. The predicted molar refractivity (Wildman–Crippen MR) is 54.8 cm³/mol. The molecule has 0 aliphatic carbocycles. The summed E-state index contributed by atoms with van der Waals surface area (Å²) in [5, 5.41) is 2.32. The Morgan fingerprint density at radius 3 is 2.79 bits per heavy atom. The second-order valence-corrected chi connectivity index (χ2v) is 3.24. The first-order valence-electron chi connectivity index (χ1n) is 4.57. The van der Waals surface area contributed by atoms with Gasteiger partial charge in [-0.25, -0.2) is 0 Å². The highest BCUT2D eigenvalue weighted by Gasteiger charge is 2.03. The lowest BCUT2D eigenvalue weighted by molar-refractivity contribution is -0.511. The minimum atomic E-state index is 1.11. The minimum Gasteiger partial charge on any atom is -0.111 e. The molecular formula is C13H8N+. The second-order valence-electron chi connectivity index (χ2n) is 3.24. The van der Waals surface area contributed by atoms with Crippen molar-refractivity contribution in [1.82, 2.24) is 0 Å². The van der Waals surface area contributed by atoms with E-state index in [1.54, 1.807) is 0 Å². The fourth-order valence-corrected chi connectivity index (χ4v) is 1.70. The van der Waals surface area contributed by atoms with E-state index in [4.69, 9.17) is 0 Å². The zero-order valence-electron chi connectivity index (χ0n) is 7.57. The molecule has 0 bridgehead atoms. The second kappa shape index (κ2) is 2.71. The molecule has 14 heavy (non-hydrogen) atoms. The van der Waals surface area contributed by atoms with Crippen LogP contribution in [0.25, 0.3) is 16.3 Å². The molecule has 0 spiro atoms. The predicted octanol–water partition coefficient (Wildman–Crippen LogP) is 2.18. The maximum atomic E-state index is 3.13. The van der Waals surface area contributed by atoms with Gasteiger partial charge in [-0.1, -0.05) is 12.1 Å². The van der Waals surface area contributed by atoms with Crippen molar-refractivity contribution in [3.8, 4) is 0 Å². The number of benzene rings is 1. The molecule has 0 unspecified atom stereocenters. The van der Waals surface area contributed by atoms with Gasteiger partial charge in [0.25, 0.3) is 0 Å². The van der Waals surface area contributed by atoms with Crippen LogP contribution in [0.2, 0.25) is 0 Å². The van der Waals surface area contributed by atoms with Gasteiger partial charge in [0.15, 0.2) is 6.20 Å². The number of hydrogen-bond acceptors (Lipinski definition) is 0. The topological polar surface area (TPSA) is 4.10 Å². The van der Waals surface area contributed by atoms with Gasteiger partial charge in [0.1, 0.15) is 0 Å². The van der Waals surface area contributed by atoms with Gasteiger partial charge < -0.3 is 0 Å². The molecule has 1 aromatic carbocycles. The summed E-state index contributed by atoms with van der Waals surface area (Å²) in [6.07, 6.45) is 5.07. The van der Waals surface area contributed by atoms with Crippen molar-refractivity contribution in [3.05, 3.63) is 60.9 Å². The molecule has 0 amide bonds. The molecule has 0 radical (unpaired) electrons. The van der Waals surface area contributed by atoms with Crippen LogP contribution in [0.3, 0.4) is 0 Å². The maximum Gasteiger partial charge on any atom is 0.234 e. The molecule has 0 N–H and O–H groups in total. The van der Waals surface area contributed by atoms with Crippen LogP contribution in [0, 0.1) is 12.3 Å². The number of aromatic nitrogens is 1. The standard InChI is InChI=1S/C13H8N/c1-2-6-12-11(5-1)8-10-14-9-4-3-7-13(12)14/h1-7,9H/q+1. The lowest BCUT2D eigenvalue weighted by atomic mass is 10.1. The van der Waals surface area contributed by atoms with Crippen LogP contribution in [0.15, 0.2) is 48.7 Å². The van der Waals surface area contributed by atoms with Gasteiger partial charge in [0.05, 0.1) is 5.39 Å². The third-order valence-electron chi connectivity index (χ3n) is 2.37. The van der Waals surface area contributed by atoms with E-state index in [9.17, 15) is 0 Å². The highest BCUT2D eigenvalue weighted by molar-refractivity contribution is 5.92. The van der Waals surface area contributed by atoms with Crippen molar-refractivity contribution < 1.29 is 4.40 Å². The first-order chi connectivity index (χ1) is 6.95. The monoisotopic (exact) mass is 178 g/mol. The Morgan fingerprint density at radius 1 is 0.929 bits per heavy atom. The van der Waals surface area contributed by atoms with Crippen LogP contribution < -0.4 is 4.40 Å². The van der Waals surface area contributed by atoms with Gasteiger partial charge in [-0.3, -0.25) is 0 Å². The van der Waals surface area contributed by atoms with Crippen LogP contribution in [0.4, 0.5) is 0 Å². The quantitative estimate of drug-likeness (QED) is 0.465. The van der Waals surface area contributed by atoms with Gasteiger partial charge in [-0.15, -0.1) is 4.40 Å². The van der Waals surface area contributed by atoms with Gasteiger partial charge in [0.2, 0.25) is 11.7 Å². The zero-order valence-corrected chi connectivity index (χ0v) is 7.57. The number of pyridine rings is 1. The van der Waals surface area contributed by atoms with E-state index in [1.807, 2.05) is 34.9 Å². The highest BCUT2D eigenvalue weighted by Crippen LogP contribution is 2.13. The SMILES string of the molecule is c1c2ccccc2c2cccc[n+]2c#1. The Hall–Kier alpha value is -2.07. The van der Waals surface area contributed by atoms with Gasteiger partial charge in [0, 0.05) is 23.6 Å². The van der Waals surface area contributed by atoms with E-state index in [-0.39, 0.29) is 0 Å². The zero-order chi connectivity index (χ0) is 9.38. The Bertz CT molecular complexity index is 544. The molecule has 1 nitrogen and oxygen atoms in total. The molecule has 1 heteroatoms. The Balaban J connectivity index is 2.61. The summed E-state index contributed by atoms with van der Waals surface area (Å²) in [5.41, 5.74) is 1.17. The lowest BCUT2D eigenvalue weighted by Crippen LogP contribution is -2.18. The molecule has 0 saturated heterocycles. The van der Waals surface area contributed by atoms with E-state index in [1.165, 1.54) is 10.9 Å². The number of fused-ring (bicyclic) bond motifs is 3. The largest absolute Gasteiger partial charge is 0.234 e. The molecule has 3 rings (SSSR count). The summed E-state index contributed by atoms with van der Waals surface area (Å²) in [7, 11) is 0. The summed E-state index contributed by atoms with van der Waals surface area (Å²) >= 11 is 0. The van der Waals surface area contributed by atoms with Gasteiger partial charge in [-0.05, 0) is 18.2 Å². The molecule has 0 fully saturated rings. The van der Waals surface area contributed by atoms with Gasteiger partial charge in [-0.2, -0.15) is 0 Å². The lowest BCUT2D eigenvalue weighted by Gasteiger charge is -1.92. The molecular weight excluding hydrogens is 170 g/mol. The first kappa shape index (κ1) is 7.34. The minimum absolute atomic E-state index is 1.11. The Labute approximate surface area is 82.2 Å². The van der Waals surface area contributed by atoms with Crippen molar-refractivity contribution in [2.24, 2.45) is 0 Å². The summed E-state index contributed by atoms with van der Waals surface area (Å²) in [5.74, 6) is 0. The molecule has 3 aromatic rings. The van der Waals surface area contributed by atoms with Crippen molar-refractivity contribution >= 4 is 16.3 Å². The van der Waals surface area contributed by atoms with Crippen LogP contribution in [0.5, 0.6) is 0 Å². The molecule has 0 saturated carbocycles. The third kappa shape index (κ3) is 0.946. The molecule has 2 heterocycles. The summed E-state index contributed by atoms with van der Waals surface area (Å²) in [6.45, 7) is 0. The first-order valence-corrected chi connectivity index (χ1v) is 4.57. The van der Waals surface area contributed by atoms with Crippen LogP contribution >= 0.6 is 0 Å². The van der Waals surface area contributed by atoms with Crippen LogP contribution in [-0.2, 0) is 0 Å². The normalized spacial score (nSPS) is 10.3. The Kier molecular flexibility index (Phi) is 1.42. The Morgan fingerprint density at radius 2 is 1.79 bits per heavy atom. The average molecular weight is 178 g/mol. The summed E-state index contributed by atoms with van der Waals surface area (Å²) < 4.78 is 1.96. The fraction of sp³-hybridized carbons (Fsp3) is 0. The van der Waals surface area contributed by atoms with E-state index < -0.39 is 0 Å². The van der Waals surface area contributed by atoms with E-state index in [0.717, 1.165) is 5.39 Å². The highest BCUT2D eigenvalue weighted by atomic mass is 14.8. The molecule has 2 aromatic heterocycles. The molecule has 0 aliphatic heterocycles. The van der Waals surface area contributed by atoms with Crippen molar-refractivity contribution in [2.75, 3.05) is 0 Å². The number of rotatable bonds is 0. The van der Waals surface area contributed by atoms with E-state index in [2.05, 4.69) is 30.5 Å². The van der Waals surface area contributed by atoms with E-state index >= 15 is 0 Å². The van der Waals surface area contributed by atoms with Crippen LogP contribution in [0.1, 0.15) is 0 Å². The van der Waals surface area contributed by atoms with Crippen LogP contribution in [-0.4, -0.2) is 0 Å². The van der Waals surface area contributed by atoms with Crippen molar-refractivity contribution in [2.45, 2.75) is 0 Å². The fourth-order valence-electron chi connectivity index (χ4n) is 1.70.